The average molecular weight is 401 g/mol. The first-order chi connectivity index (χ1) is 12.2. The minimum Gasteiger partial charge on any atom is -0.352 e. The second-order valence-electron chi connectivity index (χ2n) is 5.96. The summed E-state index contributed by atoms with van der Waals surface area (Å²) >= 11 is 3.51. The van der Waals surface area contributed by atoms with Gasteiger partial charge >= 0.3 is 0 Å². The second kappa shape index (κ2) is 6.79. The van der Waals surface area contributed by atoms with E-state index in [0.29, 0.717) is 19.5 Å². The highest BCUT2D eigenvalue weighted by Crippen LogP contribution is 2.18. The number of rotatable bonds is 3. The van der Waals surface area contributed by atoms with Crippen LogP contribution in [0.1, 0.15) is 5.56 Å². The van der Waals surface area contributed by atoms with Crippen LogP contribution in [0.4, 0.5) is 5.82 Å². The van der Waals surface area contributed by atoms with E-state index < -0.39 is 0 Å². The summed E-state index contributed by atoms with van der Waals surface area (Å²) in [5.74, 6) is 1.04. The third-order valence-electron chi connectivity index (χ3n) is 4.40. The number of benzene rings is 1. The van der Waals surface area contributed by atoms with Crippen molar-refractivity contribution in [3.63, 3.8) is 0 Å². The summed E-state index contributed by atoms with van der Waals surface area (Å²) in [6.07, 6.45) is 2.02. The van der Waals surface area contributed by atoms with Crippen LogP contribution in [-0.4, -0.2) is 56.8 Å². The van der Waals surface area contributed by atoms with Gasteiger partial charge in [0.25, 0.3) is 0 Å². The first kappa shape index (κ1) is 16.0. The molecule has 0 radical (unpaired) electrons. The molecule has 8 heteroatoms. The van der Waals surface area contributed by atoms with Crippen LogP contribution >= 0.6 is 15.9 Å². The summed E-state index contributed by atoms with van der Waals surface area (Å²) in [4.78, 5) is 16.7. The Morgan fingerprint density at radius 1 is 1.08 bits per heavy atom. The molecule has 1 aliphatic rings. The van der Waals surface area contributed by atoms with Crippen LogP contribution in [0.15, 0.2) is 47.2 Å². The molecule has 0 spiro atoms. The normalized spacial score (nSPS) is 14.9. The molecule has 0 bridgehead atoms. The standard InChI is InChI=1S/C17H17BrN6O/c18-14-4-2-1-3-13(14)11-17(25)23-9-7-22(8-10-23)16-6-5-15-20-19-12-24(15)21-16/h1-6,12H,7-11H2. The van der Waals surface area contributed by atoms with Crippen LogP contribution < -0.4 is 4.90 Å². The number of halogens is 1. The topological polar surface area (TPSA) is 66.6 Å². The van der Waals surface area contributed by atoms with Gasteiger partial charge in [0.15, 0.2) is 5.65 Å². The van der Waals surface area contributed by atoms with Crippen LogP contribution in [0.2, 0.25) is 0 Å². The Labute approximate surface area is 153 Å². The lowest BCUT2D eigenvalue weighted by Crippen LogP contribution is -2.49. The fraction of sp³-hybridized carbons (Fsp3) is 0.294. The zero-order chi connectivity index (χ0) is 17.2. The molecule has 1 aliphatic heterocycles. The minimum absolute atomic E-state index is 0.161. The van der Waals surface area contributed by atoms with E-state index in [1.54, 1.807) is 10.8 Å². The maximum absolute atomic E-state index is 12.6. The highest BCUT2D eigenvalue weighted by atomic mass is 79.9. The number of amides is 1. The maximum atomic E-state index is 12.6. The Bertz CT molecular complexity index is 903. The van der Waals surface area contributed by atoms with E-state index in [2.05, 4.69) is 36.1 Å². The zero-order valence-corrected chi connectivity index (χ0v) is 15.1. The number of piperazine rings is 1. The van der Waals surface area contributed by atoms with Crippen molar-refractivity contribution >= 4 is 33.3 Å². The predicted octanol–water partition coefficient (Wildman–Crippen LogP) is 1.78. The van der Waals surface area contributed by atoms with Gasteiger partial charge in [-0.05, 0) is 23.8 Å². The van der Waals surface area contributed by atoms with E-state index in [1.165, 1.54) is 0 Å². The molecule has 0 saturated carbocycles. The minimum atomic E-state index is 0.161. The molecule has 1 amide bonds. The molecule has 1 aromatic carbocycles. The van der Waals surface area contributed by atoms with Gasteiger partial charge in [-0.25, -0.2) is 0 Å². The van der Waals surface area contributed by atoms with Gasteiger partial charge in [-0.2, -0.15) is 4.52 Å². The Kier molecular flexibility index (Phi) is 4.35. The summed E-state index contributed by atoms with van der Waals surface area (Å²) in [6.45, 7) is 2.93. The fourth-order valence-corrected chi connectivity index (χ4v) is 3.41. The Morgan fingerprint density at radius 3 is 2.68 bits per heavy atom. The highest BCUT2D eigenvalue weighted by Gasteiger charge is 2.22. The predicted molar refractivity (Wildman–Crippen MR) is 97.4 cm³/mol. The molecule has 7 nitrogen and oxygen atoms in total. The van der Waals surface area contributed by atoms with Crippen molar-refractivity contribution in [2.24, 2.45) is 0 Å². The van der Waals surface area contributed by atoms with Crippen molar-refractivity contribution in [2.45, 2.75) is 6.42 Å². The van der Waals surface area contributed by atoms with Gasteiger partial charge in [-0.1, -0.05) is 34.1 Å². The van der Waals surface area contributed by atoms with Gasteiger partial charge in [0, 0.05) is 30.7 Å². The van der Waals surface area contributed by atoms with Gasteiger partial charge < -0.3 is 9.80 Å². The molecule has 0 N–H and O–H groups in total. The first-order valence-electron chi connectivity index (χ1n) is 8.14. The molecule has 3 aromatic rings. The van der Waals surface area contributed by atoms with E-state index in [4.69, 9.17) is 0 Å². The number of hydrogen-bond donors (Lipinski definition) is 0. The third-order valence-corrected chi connectivity index (χ3v) is 5.18. The first-order valence-corrected chi connectivity index (χ1v) is 8.93. The fourth-order valence-electron chi connectivity index (χ4n) is 2.99. The molecule has 4 rings (SSSR count). The van der Waals surface area contributed by atoms with Gasteiger partial charge in [0.1, 0.15) is 12.1 Å². The van der Waals surface area contributed by atoms with Crippen LogP contribution in [0, 0.1) is 0 Å². The van der Waals surface area contributed by atoms with Gasteiger partial charge in [-0.15, -0.1) is 15.3 Å². The van der Waals surface area contributed by atoms with Crippen molar-refractivity contribution in [3.05, 3.63) is 52.8 Å². The molecule has 25 heavy (non-hydrogen) atoms. The molecule has 1 fully saturated rings. The molecule has 3 heterocycles. The highest BCUT2D eigenvalue weighted by molar-refractivity contribution is 9.10. The molecule has 128 valence electrons. The molecule has 0 aliphatic carbocycles. The smallest absolute Gasteiger partial charge is 0.227 e. The molecule has 2 aromatic heterocycles. The van der Waals surface area contributed by atoms with Crippen molar-refractivity contribution < 1.29 is 4.79 Å². The summed E-state index contributed by atoms with van der Waals surface area (Å²) in [5, 5.41) is 12.3. The quantitative estimate of drug-likeness (QED) is 0.670. The Balaban J connectivity index is 1.39. The SMILES string of the molecule is O=C(Cc1ccccc1Br)N1CCN(c2ccc3nncn3n2)CC1. The number of carbonyl (C=O) groups excluding carboxylic acids is 1. The van der Waals surface area contributed by atoms with E-state index >= 15 is 0 Å². The summed E-state index contributed by atoms with van der Waals surface area (Å²) < 4.78 is 2.65. The lowest BCUT2D eigenvalue weighted by atomic mass is 10.1. The van der Waals surface area contributed by atoms with E-state index in [1.807, 2.05) is 41.3 Å². The van der Waals surface area contributed by atoms with Crippen LogP contribution in [0.5, 0.6) is 0 Å². The number of carbonyl (C=O) groups is 1. The molecule has 0 unspecified atom stereocenters. The molecule has 1 saturated heterocycles. The number of anilines is 1. The van der Waals surface area contributed by atoms with Crippen molar-refractivity contribution in [3.8, 4) is 0 Å². The van der Waals surface area contributed by atoms with Gasteiger partial charge in [0.05, 0.1) is 6.42 Å². The van der Waals surface area contributed by atoms with Crippen LogP contribution in [-0.2, 0) is 11.2 Å². The van der Waals surface area contributed by atoms with Gasteiger partial charge in [-0.3, -0.25) is 4.79 Å². The van der Waals surface area contributed by atoms with E-state index in [-0.39, 0.29) is 5.91 Å². The van der Waals surface area contributed by atoms with Gasteiger partial charge in [0.2, 0.25) is 5.91 Å². The number of hydrogen-bond acceptors (Lipinski definition) is 5. The Hall–Kier alpha value is -2.48. The third kappa shape index (κ3) is 3.34. The molecule has 0 atom stereocenters. The summed E-state index contributed by atoms with van der Waals surface area (Å²) in [5.41, 5.74) is 1.75. The number of nitrogens with zero attached hydrogens (tertiary/aromatic N) is 6. The zero-order valence-electron chi connectivity index (χ0n) is 13.5. The van der Waals surface area contributed by atoms with E-state index in [0.717, 1.165) is 34.6 Å². The van der Waals surface area contributed by atoms with Crippen LogP contribution in [0.25, 0.3) is 5.65 Å². The lowest BCUT2D eigenvalue weighted by Gasteiger charge is -2.35. The lowest BCUT2D eigenvalue weighted by molar-refractivity contribution is -0.130. The van der Waals surface area contributed by atoms with Crippen molar-refractivity contribution in [2.75, 3.05) is 31.1 Å². The second-order valence-corrected chi connectivity index (χ2v) is 6.82. The Morgan fingerprint density at radius 2 is 1.88 bits per heavy atom. The van der Waals surface area contributed by atoms with Crippen LogP contribution in [0.3, 0.4) is 0 Å². The number of aromatic nitrogens is 4. The number of fused-ring (bicyclic) bond motifs is 1. The summed E-state index contributed by atoms with van der Waals surface area (Å²) in [7, 11) is 0. The van der Waals surface area contributed by atoms with E-state index in [9.17, 15) is 4.79 Å². The van der Waals surface area contributed by atoms with Crippen molar-refractivity contribution in [1.82, 2.24) is 24.7 Å². The van der Waals surface area contributed by atoms with Crippen molar-refractivity contribution in [1.29, 1.82) is 0 Å². The largest absolute Gasteiger partial charge is 0.352 e. The summed E-state index contributed by atoms with van der Waals surface area (Å²) in [6, 6.07) is 11.7. The maximum Gasteiger partial charge on any atom is 0.227 e. The monoisotopic (exact) mass is 400 g/mol. The average Bonchev–Trinajstić information content (AvgIpc) is 3.11. The molecular weight excluding hydrogens is 384 g/mol. The molecular formula is C17H17BrN6O.